The summed E-state index contributed by atoms with van der Waals surface area (Å²) >= 11 is 1.86. The summed E-state index contributed by atoms with van der Waals surface area (Å²) < 4.78 is 0. The Morgan fingerprint density at radius 1 is 1.69 bits per heavy atom. The van der Waals surface area contributed by atoms with Gasteiger partial charge < -0.3 is 5.32 Å². The molecular formula is C10H16N2S. The Balaban J connectivity index is 1.87. The van der Waals surface area contributed by atoms with Crippen molar-refractivity contribution in [1.29, 1.82) is 0 Å². The Morgan fingerprint density at radius 2 is 2.62 bits per heavy atom. The molecule has 1 aliphatic heterocycles. The van der Waals surface area contributed by atoms with Crippen LogP contribution in [-0.2, 0) is 6.54 Å². The van der Waals surface area contributed by atoms with Gasteiger partial charge in [-0.25, -0.2) is 0 Å². The van der Waals surface area contributed by atoms with Gasteiger partial charge in [-0.1, -0.05) is 6.07 Å². The lowest BCUT2D eigenvalue weighted by Crippen LogP contribution is -2.48. The average Bonchev–Trinajstić information content (AvgIpc) is 2.57. The molecule has 0 spiro atoms. The van der Waals surface area contributed by atoms with Crippen LogP contribution >= 0.6 is 11.3 Å². The molecule has 1 N–H and O–H groups in total. The van der Waals surface area contributed by atoms with Crippen LogP contribution < -0.4 is 5.32 Å². The lowest BCUT2D eigenvalue weighted by Gasteiger charge is -2.31. The van der Waals surface area contributed by atoms with Gasteiger partial charge in [-0.15, -0.1) is 11.3 Å². The van der Waals surface area contributed by atoms with Crippen LogP contribution in [0, 0.1) is 0 Å². The molecule has 0 amide bonds. The van der Waals surface area contributed by atoms with Gasteiger partial charge in [-0.05, 0) is 18.4 Å². The molecule has 0 radical (unpaired) electrons. The Bertz CT molecular complexity index is 245. The van der Waals surface area contributed by atoms with Crippen molar-refractivity contribution in [2.45, 2.75) is 19.5 Å². The van der Waals surface area contributed by atoms with E-state index >= 15 is 0 Å². The third-order valence-corrected chi connectivity index (χ3v) is 3.27. The Labute approximate surface area is 83.6 Å². The van der Waals surface area contributed by atoms with Crippen LogP contribution in [0.3, 0.4) is 0 Å². The fourth-order valence-corrected chi connectivity index (χ4v) is 2.52. The van der Waals surface area contributed by atoms with E-state index in [0.29, 0.717) is 6.04 Å². The maximum Gasteiger partial charge on any atom is 0.0329 e. The Hall–Kier alpha value is -0.380. The molecule has 2 heterocycles. The first-order valence-corrected chi connectivity index (χ1v) is 5.70. The van der Waals surface area contributed by atoms with E-state index in [0.717, 1.165) is 13.1 Å². The van der Waals surface area contributed by atoms with Crippen molar-refractivity contribution >= 4 is 11.3 Å². The first-order valence-electron chi connectivity index (χ1n) is 4.83. The van der Waals surface area contributed by atoms with Crippen LogP contribution in [0.15, 0.2) is 17.5 Å². The fourth-order valence-electron chi connectivity index (χ4n) is 1.78. The highest BCUT2D eigenvalue weighted by Crippen LogP contribution is 2.12. The van der Waals surface area contributed by atoms with Gasteiger partial charge in [0, 0.05) is 37.1 Å². The maximum atomic E-state index is 3.45. The summed E-state index contributed by atoms with van der Waals surface area (Å²) in [7, 11) is 0. The van der Waals surface area contributed by atoms with Crippen LogP contribution in [0.25, 0.3) is 0 Å². The first kappa shape index (κ1) is 9.19. The molecule has 1 fully saturated rings. The smallest absolute Gasteiger partial charge is 0.0329 e. The minimum Gasteiger partial charge on any atom is -0.312 e. The average molecular weight is 196 g/mol. The van der Waals surface area contributed by atoms with E-state index in [1.54, 1.807) is 0 Å². The van der Waals surface area contributed by atoms with E-state index in [-0.39, 0.29) is 0 Å². The second kappa shape index (κ2) is 4.22. The van der Waals surface area contributed by atoms with Crippen molar-refractivity contribution in [1.82, 2.24) is 10.2 Å². The van der Waals surface area contributed by atoms with Crippen LogP contribution in [0.2, 0.25) is 0 Å². The van der Waals surface area contributed by atoms with Crippen molar-refractivity contribution in [3.05, 3.63) is 22.4 Å². The topological polar surface area (TPSA) is 15.3 Å². The van der Waals surface area contributed by atoms with Gasteiger partial charge in [-0.3, -0.25) is 4.90 Å². The molecule has 13 heavy (non-hydrogen) atoms. The molecule has 2 nitrogen and oxygen atoms in total. The zero-order valence-corrected chi connectivity index (χ0v) is 8.81. The molecule has 0 unspecified atom stereocenters. The second-order valence-corrected chi connectivity index (χ2v) is 4.70. The molecule has 2 rings (SSSR count). The number of thiophene rings is 1. The Kier molecular flexibility index (Phi) is 2.98. The SMILES string of the molecule is C[C@@H]1CN(Cc2cccs2)CCN1. The normalized spacial score (nSPS) is 24.8. The standard InChI is InChI=1S/C10H16N2S/c1-9-7-12(5-4-11-9)8-10-3-2-6-13-10/h2-3,6,9,11H,4-5,7-8H2,1H3/t9-/m1/s1. The number of rotatable bonds is 2. The van der Waals surface area contributed by atoms with Crippen LogP contribution in [0.4, 0.5) is 0 Å². The zero-order valence-electron chi connectivity index (χ0n) is 7.99. The second-order valence-electron chi connectivity index (χ2n) is 3.67. The van der Waals surface area contributed by atoms with E-state index in [1.807, 2.05) is 11.3 Å². The van der Waals surface area contributed by atoms with Gasteiger partial charge >= 0.3 is 0 Å². The predicted molar refractivity (Wildman–Crippen MR) is 57.1 cm³/mol. The molecule has 72 valence electrons. The molecule has 1 aromatic rings. The van der Waals surface area contributed by atoms with Gasteiger partial charge in [0.2, 0.25) is 0 Å². The van der Waals surface area contributed by atoms with Gasteiger partial charge in [0.25, 0.3) is 0 Å². The van der Waals surface area contributed by atoms with Crippen LogP contribution in [0.1, 0.15) is 11.8 Å². The molecule has 3 heteroatoms. The molecular weight excluding hydrogens is 180 g/mol. The number of hydrogen-bond acceptors (Lipinski definition) is 3. The summed E-state index contributed by atoms with van der Waals surface area (Å²) in [6.07, 6.45) is 0. The molecule has 0 bridgehead atoms. The third-order valence-electron chi connectivity index (χ3n) is 2.41. The van der Waals surface area contributed by atoms with Crippen molar-refractivity contribution in [3.63, 3.8) is 0 Å². The molecule has 1 saturated heterocycles. The fraction of sp³-hybridized carbons (Fsp3) is 0.600. The van der Waals surface area contributed by atoms with E-state index in [1.165, 1.54) is 18.0 Å². The Morgan fingerprint density at radius 3 is 3.31 bits per heavy atom. The quantitative estimate of drug-likeness (QED) is 0.772. The summed E-state index contributed by atoms with van der Waals surface area (Å²) in [5, 5.41) is 5.61. The summed E-state index contributed by atoms with van der Waals surface area (Å²) in [6.45, 7) is 6.87. The van der Waals surface area contributed by atoms with E-state index < -0.39 is 0 Å². The number of nitrogens with one attached hydrogen (secondary N) is 1. The van der Waals surface area contributed by atoms with Crippen molar-refractivity contribution in [3.8, 4) is 0 Å². The van der Waals surface area contributed by atoms with Crippen molar-refractivity contribution in [2.24, 2.45) is 0 Å². The van der Waals surface area contributed by atoms with Crippen LogP contribution in [-0.4, -0.2) is 30.6 Å². The number of hydrogen-bond donors (Lipinski definition) is 1. The zero-order chi connectivity index (χ0) is 9.10. The van der Waals surface area contributed by atoms with Crippen molar-refractivity contribution < 1.29 is 0 Å². The largest absolute Gasteiger partial charge is 0.312 e. The highest BCUT2D eigenvalue weighted by Gasteiger charge is 2.15. The van der Waals surface area contributed by atoms with Gasteiger partial charge in [-0.2, -0.15) is 0 Å². The maximum absolute atomic E-state index is 3.45. The summed E-state index contributed by atoms with van der Waals surface area (Å²) in [4.78, 5) is 4.00. The van der Waals surface area contributed by atoms with Crippen molar-refractivity contribution in [2.75, 3.05) is 19.6 Å². The minimum atomic E-state index is 0.647. The van der Waals surface area contributed by atoms with E-state index in [2.05, 4.69) is 34.7 Å². The van der Waals surface area contributed by atoms with E-state index in [4.69, 9.17) is 0 Å². The predicted octanol–water partition coefficient (Wildman–Crippen LogP) is 1.54. The third kappa shape index (κ3) is 2.53. The van der Waals surface area contributed by atoms with Gasteiger partial charge in [0.15, 0.2) is 0 Å². The molecule has 0 aromatic carbocycles. The molecule has 0 saturated carbocycles. The van der Waals surface area contributed by atoms with E-state index in [9.17, 15) is 0 Å². The summed E-state index contributed by atoms with van der Waals surface area (Å²) in [6, 6.07) is 5.00. The first-order chi connectivity index (χ1) is 6.34. The van der Waals surface area contributed by atoms with Gasteiger partial charge in [0.05, 0.1) is 0 Å². The highest BCUT2D eigenvalue weighted by atomic mass is 32.1. The number of piperazine rings is 1. The summed E-state index contributed by atoms with van der Waals surface area (Å²) in [5.41, 5.74) is 0. The molecule has 1 aromatic heterocycles. The lowest BCUT2D eigenvalue weighted by atomic mass is 10.2. The molecule has 0 aliphatic carbocycles. The van der Waals surface area contributed by atoms with Gasteiger partial charge in [0.1, 0.15) is 0 Å². The molecule has 1 atom stereocenters. The monoisotopic (exact) mass is 196 g/mol. The number of nitrogens with zero attached hydrogens (tertiary/aromatic N) is 1. The minimum absolute atomic E-state index is 0.647. The highest BCUT2D eigenvalue weighted by molar-refractivity contribution is 7.09. The molecule has 1 aliphatic rings. The van der Waals surface area contributed by atoms with Crippen LogP contribution in [0.5, 0.6) is 0 Å². The summed E-state index contributed by atoms with van der Waals surface area (Å²) in [5.74, 6) is 0. The lowest BCUT2D eigenvalue weighted by molar-refractivity contribution is 0.201.